The van der Waals surface area contributed by atoms with Gasteiger partial charge in [0.15, 0.2) is 0 Å². The molecule has 0 radical (unpaired) electrons. The van der Waals surface area contributed by atoms with Crippen LogP contribution in [0.15, 0.2) is 36.4 Å². The second kappa shape index (κ2) is 9.48. The SMILES string of the molecule is C/C=C/CCNC(C)CCc1ccc(OC(F)F)cc1. The molecule has 0 aliphatic heterocycles. The highest BCUT2D eigenvalue weighted by Gasteiger charge is 2.05. The van der Waals surface area contributed by atoms with Gasteiger partial charge in [0.1, 0.15) is 5.75 Å². The Hall–Kier alpha value is -1.42. The molecule has 0 aliphatic rings. The van der Waals surface area contributed by atoms with Gasteiger partial charge < -0.3 is 10.1 Å². The molecule has 0 aliphatic carbocycles. The fourth-order valence-electron chi connectivity index (χ4n) is 1.90. The molecule has 0 saturated carbocycles. The van der Waals surface area contributed by atoms with Crippen molar-refractivity contribution in [1.29, 1.82) is 0 Å². The zero-order chi connectivity index (χ0) is 14.8. The zero-order valence-corrected chi connectivity index (χ0v) is 12.1. The fourth-order valence-corrected chi connectivity index (χ4v) is 1.90. The summed E-state index contributed by atoms with van der Waals surface area (Å²) in [5.41, 5.74) is 1.13. The first-order valence-corrected chi connectivity index (χ1v) is 7.00. The highest BCUT2D eigenvalue weighted by Crippen LogP contribution is 2.16. The summed E-state index contributed by atoms with van der Waals surface area (Å²) in [5, 5.41) is 3.45. The second-order valence-corrected chi connectivity index (χ2v) is 4.77. The van der Waals surface area contributed by atoms with Crippen molar-refractivity contribution < 1.29 is 13.5 Å². The Morgan fingerprint density at radius 1 is 1.25 bits per heavy atom. The number of alkyl halides is 2. The summed E-state index contributed by atoms with van der Waals surface area (Å²) in [6, 6.07) is 7.29. The molecule has 1 N–H and O–H groups in total. The molecule has 0 amide bonds. The maximum absolute atomic E-state index is 12.0. The van der Waals surface area contributed by atoms with Crippen molar-refractivity contribution in [3.63, 3.8) is 0 Å². The third-order valence-electron chi connectivity index (χ3n) is 3.05. The number of hydrogen-bond donors (Lipinski definition) is 1. The molecule has 1 rings (SSSR count). The smallest absolute Gasteiger partial charge is 0.387 e. The van der Waals surface area contributed by atoms with E-state index in [1.54, 1.807) is 12.1 Å². The van der Waals surface area contributed by atoms with Gasteiger partial charge in [-0.3, -0.25) is 0 Å². The van der Waals surface area contributed by atoms with E-state index >= 15 is 0 Å². The largest absolute Gasteiger partial charge is 0.435 e. The van der Waals surface area contributed by atoms with E-state index in [2.05, 4.69) is 29.1 Å². The van der Waals surface area contributed by atoms with Crippen LogP contribution in [0.5, 0.6) is 5.75 Å². The molecule has 1 unspecified atom stereocenters. The standard InChI is InChI=1S/C16H23F2NO/c1-3-4-5-12-19-13(2)6-7-14-8-10-15(11-9-14)20-16(17)18/h3-4,8-11,13,16,19H,5-7,12H2,1-2H3/b4-3+. The quantitative estimate of drug-likeness (QED) is 0.542. The van der Waals surface area contributed by atoms with Crippen LogP contribution in [0, 0.1) is 0 Å². The van der Waals surface area contributed by atoms with Gasteiger partial charge in [0.2, 0.25) is 0 Å². The number of halogens is 2. The highest BCUT2D eigenvalue weighted by atomic mass is 19.3. The molecule has 0 spiro atoms. The van der Waals surface area contributed by atoms with E-state index in [0.717, 1.165) is 31.4 Å². The van der Waals surface area contributed by atoms with E-state index in [1.165, 1.54) is 0 Å². The second-order valence-electron chi connectivity index (χ2n) is 4.77. The van der Waals surface area contributed by atoms with E-state index in [-0.39, 0.29) is 5.75 Å². The molecule has 0 bridgehead atoms. The van der Waals surface area contributed by atoms with Gasteiger partial charge in [0.05, 0.1) is 0 Å². The average Bonchev–Trinajstić information content (AvgIpc) is 2.42. The molecule has 0 saturated heterocycles. The molecule has 1 aromatic rings. The summed E-state index contributed by atoms with van der Waals surface area (Å²) in [5.74, 6) is 0.210. The van der Waals surface area contributed by atoms with Gasteiger partial charge in [-0.15, -0.1) is 0 Å². The topological polar surface area (TPSA) is 21.3 Å². The van der Waals surface area contributed by atoms with Crippen LogP contribution in [0.1, 0.15) is 32.3 Å². The van der Waals surface area contributed by atoms with E-state index in [0.29, 0.717) is 6.04 Å². The lowest BCUT2D eigenvalue weighted by molar-refractivity contribution is -0.0498. The molecule has 1 aromatic carbocycles. The van der Waals surface area contributed by atoms with Crippen molar-refractivity contribution in [2.45, 2.75) is 45.8 Å². The fraction of sp³-hybridized carbons (Fsp3) is 0.500. The number of aryl methyl sites for hydroxylation is 1. The molecule has 20 heavy (non-hydrogen) atoms. The van der Waals surface area contributed by atoms with Crippen LogP contribution in [0.2, 0.25) is 0 Å². The highest BCUT2D eigenvalue weighted by molar-refractivity contribution is 5.27. The van der Waals surface area contributed by atoms with E-state index in [1.807, 2.05) is 19.1 Å². The minimum atomic E-state index is -2.76. The number of rotatable bonds is 9. The predicted molar refractivity (Wildman–Crippen MR) is 78.3 cm³/mol. The van der Waals surface area contributed by atoms with Crippen LogP contribution in [-0.2, 0) is 6.42 Å². The first kappa shape index (κ1) is 16.6. The van der Waals surface area contributed by atoms with Gasteiger partial charge in [-0.2, -0.15) is 8.78 Å². The van der Waals surface area contributed by atoms with Gasteiger partial charge in [0.25, 0.3) is 0 Å². The summed E-state index contributed by atoms with van der Waals surface area (Å²) in [4.78, 5) is 0. The van der Waals surface area contributed by atoms with Gasteiger partial charge in [0, 0.05) is 6.04 Å². The van der Waals surface area contributed by atoms with Crippen LogP contribution in [0.4, 0.5) is 8.78 Å². The van der Waals surface area contributed by atoms with Crippen LogP contribution in [0.3, 0.4) is 0 Å². The van der Waals surface area contributed by atoms with Crippen LogP contribution < -0.4 is 10.1 Å². The molecular weight excluding hydrogens is 260 g/mol. The van der Waals surface area contributed by atoms with Gasteiger partial charge >= 0.3 is 6.61 Å². The molecule has 0 aromatic heterocycles. The van der Waals surface area contributed by atoms with E-state index in [9.17, 15) is 8.78 Å². The first-order chi connectivity index (χ1) is 9.61. The third kappa shape index (κ3) is 7.24. The Bertz CT molecular complexity index is 390. The normalized spacial score (nSPS) is 13.1. The number of ether oxygens (including phenoxy) is 1. The molecule has 2 nitrogen and oxygen atoms in total. The Labute approximate surface area is 119 Å². The third-order valence-corrected chi connectivity index (χ3v) is 3.05. The van der Waals surface area contributed by atoms with E-state index < -0.39 is 6.61 Å². The molecule has 112 valence electrons. The summed E-state index contributed by atoms with van der Waals surface area (Å²) in [7, 11) is 0. The van der Waals surface area contributed by atoms with Crippen LogP contribution >= 0.6 is 0 Å². The summed E-state index contributed by atoms with van der Waals surface area (Å²) in [6.45, 7) is 2.39. The number of hydrogen-bond acceptors (Lipinski definition) is 2. The Morgan fingerprint density at radius 2 is 1.95 bits per heavy atom. The van der Waals surface area contributed by atoms with Gasteiger partial charge in [-0.25, -0.2) is 0 Å². The van der Waals surface area contributed by atoms with Gasteiger partial charge in [-0.1, -0.05) is 24.3 Å². The average molecular weight is 283 g/mol. The minimum Gasteiger partial charge on any atom is -0.435 e. The Kier molecular flexibility index (Phi) is 7.88. The van der Waals surface area contributed by atoms with Crippen LogP contribution in [0.25, 0.3) is 0 Å². The summed E-state index contributed by atoms with van der Waals surface area (Å²) < 4.78 is 28.3. The summed E-state index contributed by atoms with van der Waals surface area (Å²) >= 11 is 0. The van der Waals surface area contributed by atoms with Crippen molar-refractivity contribution in [3.05, 3.63) is 42.0 Å². The monoisotopic (exact) mass is 283 g/mol. The first-order valence-electron chi connectivity index (χ1n) is 7.00. The number of benzene rings is 1. The molecule has 1 atom stereocenters. The number of allylic oxidation sites excluding steroid dienone is 1. The van der Waals surface area contributed by atoms with Crippen molar-refractivity contribution >= 4 is 0 Å². The van der Waals surface area contributed by atoms with Crippen molar-refractivity contribution in [2.75, 3.05) is 6.54 Å². The Balaban J connectivity index is 2.27. The lowest BCUT2D eigenvalue weighted by Crippen LogP contribution is -2.27. The Morgan fingerprint density at radius 3 is 2.55 bits per heavy atom. The van der Waals surface area contributed by atoms with Crippen molar-refractivity contribution in [2.24, 2.45) is 0 Å². The van der Waals surface area contributed by atoms with Crippen molar-refractivity contribution in [3.8, 4) is 5.75 Å². The maximum atomic E-state index is 12.0. The maximum Gasteiger partial charge on any atom is 0.387 e. The molecular formula is C16H23F2NO. The number of nitrogens with one attached hydrogen (secondary N) is 1. The van der Waals surface area contributed by atoms with E-state index in [4.69, 9.17) is 0 Å². The molecule has 0 heterocycles. The lowest BCUT2D eigenvalue weighted by Gasteiger charge is -2.13. The zero-order valence-electron chi connectivity index (χ0n) is 12.1. The van der Waals surface area contributed by atoms with Crippen LogP contribution in [-0.4, -0.2) is 19.2 Å². The molecule has 4 heteroatoms. The summed E-state index contributed by atoms with van der Waals surface area (Å²) in [6.07, 6.45) is 7.18. The van der Waals surface area contributed by atoms with Gasteiger partial charge in [-0.05, 0) is 57.4 Å². The van der Waals surface area contributed by atoms with Crippen molar-refractivity contribution in [1.82, 2.24) is 5.32 Å². The minimum absolute atomic E-state index is 0.210. The predicted octanol–water partition coefficient (Wildman–Crippen LogP) is 4.16. The molecule has 0 fully saturated rings. The lowest BCUT2D eigenvalue weighted by atomic mass is 10.1.